The van der Waals surface area contributed by atoms with Gasteiger partial charge in [-0.1, -0.05) is 36.4 Å². The molecule has 1 aliphatic heterocycles. The summed E-state index contributed by atoms with van der Waals surface area (Å²) in [7, 11) is 0. The van der Waals surface area contributed by atoms with Gasteiger partial charge in [-0.2, -0.15) is 0 Å². The molecule has 1 saturated heterocycles. The van der Waals surface area contributed by atoms with Crippen molar-refractivity contribution >= 4 is 11.6 Å². The van der Waals surface area contributed by atoms with E-state index in [9.17, 15) is 4.79 Å². The molecule has 1 N–H and O–H groups in total. The van der Waals surface area contributed by atoms with Crippen molar-refractivity contribution in [3.63, 3.8) is 0 Å². The number of nitrogens with one attached hydrogen (secondary N) is 1. The lowest BCUT2D eigenvalue weighted by Crippen LogP contribution is -2.49. The Morgan fingerprint density at radius 1 is 1.03 bits per heavy atom. The smallest absolute Gasteiger partial charge is 0.234 e. The highest BCUT2D eigenvalue weighted by atomic mass is 16.2. The summed E-state index contributed by atoms with van der Waals surface area (Å²) in [6.07, 6.45) is 4.46. The summed E-state index contributed by atoms with van der Waals surface area (Å²) in [6.45, 7) is 7.28. The third-order valence-corrected chi connectivity index (χ3v) is 6.06. The van der Waals surface area contributed by atoms with E-state index in [1.807, 2.05) is 6.07 Å². The van der Waals surface area contributed by atoms with Crippen LogP contribution in [0.5, 0.6) is 0 Å². The average Bonchev–Trinajstić information content (AvgIpc) is 3.50. The maximum atomic E-state index is 12.1. The minimum Gasteiger partial charge on any atom is -0.352 e. The fraction of sp³-hybridized carbons (Fsp3) is 0.417. The van der Waals surface area contributed by atoms with Gasteiger partial charge in [0.05, 0.1) is 17.9 Å². The van der Waals surface area contributed by atoms with Crippen LogP contribution < -0.4 is 5.32 Å². The summed E-state index contributed by atoms with van der Waals surface area (Å²) in [5.74, 6) is 0.176. The third-order valence-electron chi connectivity index (χ3n) is 6.06. The van der Waals surface area contributed by atoms with Crippen LogP contribution in [0.2, 0.25) is 0 Å². The second-order valence-corrected chi connectivity index (χ2v) is 8.60. The Kier molecular flexibility index (Phi) is 5.27. The topological polar surface area (TPSA) is 52.9 Å². The number of amides is 1. The van der Waals surface area contributed by atoms with E-state index >= 15 is 0 Å². The lowest BCUT2D eigenvalue weighted by molar-refractivity contribution is -0.122. The zero-order valence-corrected chi connectivity index (χ0v) is 17.6. The number of rotatable bonds is 6. The van der Waals surface area contributed by atoms with Gasteiger partial charge in [0.15, 0.2) is 0 Å². The molecular weight excluding hydrogens is 374 g/mol. The Morgan fingerprint density at radius 2 is 1.77 bits per heavy atom. The molecular formula is C24H29N5O. The number of carbonyl (C=O) groups excluding carboxylic acids is 1. The Balaban J connectivity index is 1.31. The molecule has 2 aromatic heterocycles. The van der Waals surface area contributed by atoms with Crippen LogP contribution in [0.4, 0.5) is 0 Å². The number of fused-ring (bicyclic) bond motifs is 1. The summed E-state index contributed by atoms with van der Waals surface area (Å²) in [5, 5.41) is 3.09. The summed E-state index contributed by atoms with van der Waals surface area (Å²) in [6, 6.07) is 15.1. The number of aryl methyl sites for hydroxylation is 1. The first-order valence-electron chi connectivity index (χ1n) is 10.9. The van der Waals surface area contributed by atoms with E-state index in [1.165, 1.54) is 11.3 Å². The molecule has 6 nitrogen and oxygen atoms in total. The van der Waals surface area contributed by atoms with Gasteiger partial charge in [0.1, 0.15) is 5.65 Å². The number of hydrogen-bond donors (Lipinski definition) is 1. The summed E-state index contributed by atoms with van der Waals surface area (Å²) in [5.41, 5.74) is 5.67. The van der Waals surface area contributed by atoms with Crippen molar-refractivity contribution in [3.8, 4) is 11.3 Å². The quantitative estimate of drug-likeness (QED) is 0.688. The number of nitrogens with zero attached hydrogens (tertiary/aromatic N) is 4. The second-order valence-electron chi connectivity index (χ2n) is 8.60. The maximum absolute atomic E-state index is 12.1. The van der Waals surface area contributed by atoms with Crippen molar-refractivity contribution in [3.05, 3.63) is 59.9 Å². The van der Waals surface area contributed by atoms with Gasteiger partial charge in [-0.05, 0) is 31.4 Å². The number of piperazine rings is 1. The number of benzene rings is 1. The van der Waals surface area contributed by atoms with Gasteiger partial charge in [0.2, 0.25) is 5.91 Å². The van der Waals surface area contributed by atoms with Crippen molar-refractivity contribution in [1.82, 2.24) is 24.5 Å². The van der Waals surface area contributed by atoms with Crippen molar-refractivity contribution in [2.75, 3.05) is 32.7 Å². The van der Waals surface area contributed by atoms with Crippen LogP contribution in [0.25, 0.3) is 16.9 Å². The molecule has 3 heterocycles. The minimum atomic E-state index is 0.176. The SMILES string of the molecule is Cc1ccc2nc(-c3ccccc3)c(CN3CCN(CC(=O)NC4CC4)CC3)n2c1. The molecule has 0 bridgehead atoms. The Bertz CT molecular complexity index is 1030. The highest BCUT2D eigenvalue weighted by Gasteiger charge is 2.26. The lowest BCUT2D eigenvalue weighted by Gasteiger charge is -2.34. The molecule has 1 aliphatic carbocycles. The van der Waals surface area contributed by atoms with Crippen LogP contribution in [-0.2, 0) is 11.3 Å². The minimum absolute atomic E-state index is 0.176. The largest absolute Gasteiger partial charge is 0.352 e. The number of hydrogen-bond acceptors (Lipinski definition) is 4. The van der Waals surface area contributed by atoms with Crippen molar-refractivity contribution in [2.45, 2.75) is 32.4 Å². The molecule has 0 atom stereocenters. The van der Waals surface area contributed by atoms with E-state index in [0.717, 1.165) is 62.5 Å². The van der Waals surface area contributed by atoms with Gasteiger partial charge < -0.3 is 9.72 Å². The number of aromatic nitrogens is 2. The van der Waals surface area contributed by atoms with Crippen LogP contribution in [0, 0.1) is 6.92 Å². The molecule has 1 amide bonds. The van der Waals surface area contributed by atoms with Gasteiger partial charge in [0.25, 0.3) is 0 Å². The Labute approximate surface area is 177 Å². The first-order valence-corrected chi connectivity index (χ1v) is 10.9. The lowest BCUT2D eigenvalue weighted by atomic mass is 10.1. The number of imidazole rings is 1. The zero-order valence-electron chi connectivity index (χ0n) is 17.6. The molecule has 6 heteroatoms. The molecule has 2 aliphatic rings. The average molecular weight is 404 g/mol. The van der Waals surface area contributed by atoms with Crippen LogP contribution in [0.1, 0.15) is 24.1 Å². The van der Waals surface area contributed by atoms with E-state index < -0.39 is 0 Å². The van der Waals surface area contributed by atoms with Gasteiger partial charge in [-0.25, -0.2) is 4.98 Å². The van der Waals surface area contributed by atoms with Crippen LogP contribution in [0.3, 0.4) is 0 Å². The molecule has 156 valence electrons. The van der Waals surface area contributed by atoms with E-state index in [1.54, 1.807) is 0 Å². The van der Waals surface area contributed by atoms with Crippen molar-refractivity contribution < 1.29 is 4.79 Å². The fourth-order valence-electron chi connectivity index (χ4n) is 4.20. The van der Waals surface area contributed by atoms with Crippen molar-refractivity contribution in [1.29, 1.82) is 0 Å². The van der Waals surface area contributed by atoms with Crippen molar-refractivity contribution in [2.24, 2.45) is 0 Å². The van der Waals surface area contributed by atoms with Crippen LogP contribution in [0.15, 0.2) is 48.7 Å². The first kappa shape index (κ1) is 19.3. The first-order chi connectivity index (χ1) is 14.7. The van der Waals surface area contributed by atoms with Gasteiger partial charge >= 0.3 is 0 Å². The predicted octanol–water partition coefficient (Wildman–Crippen LogP) is 2.71. The van der Waals surface area contributed by atoms with Gasteiger partial charge in [-0.15, -0.1) is 0 Å². The third kappa shape index (κ3) is 4.25. The highest BCUT2D eigenvalue weighted by Crippen LogP contribution is 2.26. The molecule has 30 heavy (non-hydrogen) atoms. The molecule has 0 spiro atoms. The van der Waals surface area contributed by atoms with E-state index in [2.05, 4.69) is 69.0 Å². The summed E-state index contributed by atoms with van der Waals surface area (Å²) >= 11 is 0. The molecule has 0 unspecified atom stereocenters. The second kappa shape index (κ2) is 8.20. The Morgan fingerprint density at radius 3 is 2.50 bits per heavy atom. The zero-order chi connectivity index (χ0) is 20.5. The summed E-state index contributed by atoms with van der Waals surface area (Å²) in [4.78, 5) is 21.8. The molecule has 2 fully saturated rings. The normalized spacial score (nSPS) is 18.0. The predicted molar refractivity (Wildman–Crippen MR) is 118 cm³/mol. The number of carbonyl (C=O) groups is 1. The summed E-state index contributed by atoms with van der Waals surface area (Å²) < 4.78 is 2.24. The number of pyridine rings is 1. The molecule has 0 radical (unpaired) electrons. The molecule has 1 saturated carbocycles. The molecule has 3 aromatic rings. The van der Waals surface area contributed by atoms with Gasteiger partial charge in [-0.3, -0.25) is 14.6 Å². The monoisotopic (exact) mass is 403 g/mol. The standard InChI is InChI=1S/C24H29N5O/c1-18-7-10-22-26-24(19-5-3-2-4-6-19)21(29(22)15-18)16-27-11-13-28(14-12-27)17-23(30)25-20-8-9-20/h2-7,10,15,20H,8-9,11-14,16-17H2,1H3,(H,25,30). The van der Waals surface area contributed by atoms with Gasteiger partial charge in [0, 0.05) is 50.5 Å². The Hall–Kier alpha value is -2.70. The van der Waals surface area contributed by atoms with Crippen LogP contribution >= 0.6 is 0 Å². The molecule has 5 rings (SSSR count). The van der Waals surface area contributed by atoms with E-state index in [0.29, 0.717) is 12.6 Å². The molecule has 1 aromatic carbocycles. The van der Waals surface area contributed by atoms with Crippen LogP contribution in [-0.4, -0.2) is 63.9 Å². The maximum Gasteiger partial charge on any atom is 0.234 e. The highest BCUT2D eigenvalue weighted by molar-refractivity contribution is 5.78. The van der Waals surface area contributed by atoms with E-state index in [4.69, 9.17) is 4.98 Å². The van der Waals surface area contributed by atoms with E-state index in [-0.39, 0.29) is 5.91 Å². The fourth-order valence-corrected chi connectivity index (χ4v) is 4.20.